The smallest absolute Gasteiger partial charge is 0.242 e. The molecule has 1 aliphatic heterocycles. The van der Waals surface area contributed by atoms with Gasteiger partial charge in [-0.1, -0.05) is 6.07 Å². The fourth-order valence-corrected chi connectivity index (χ4v) is 3.29. The van der Waals surface area contributed by atoms with Crippen LogP contribution in [0.3, 0.4) is 0 Å². The molecular formula is C13H16BrN3O. The highest BCUT2D eigenvalue weighted by Gasteiger charge is 2.42. The molecule has 96 valence electrons. The zero-order valence-electron chi connectivity index (χ0n) is 10.2. The quantitative estimate of drug-likeness (QED) is 0.824. The summed E-state index contributed by atoms with van der Waals surface area (Å²) in [5.41, 5.74) is 0.981. The van der Waals surface area contributed by atoms with Crippen molar-refractivity contribution in [2.45, 2.75) is 38.3 Å². The first-order valence-electron chi connectivity index (χ1n) is 6.33. The van der Waals surface area contributed by atoms with E-state index in [0.717, 1.165) is 16.6 Å². The van der Waals surface area contributed by atoms with Gasteiger partial charge in [0.05, 0.1) is 6.04 Å². The molecule has 3 unspecified atom stereocenters. The second-order valence-corrected chi connectivity index (χ2v) is 6.02. The Morgan fingerprint density at radius 2 is 2.33 bits per heavy atom. The van der Waals surface area contributed by atoms with Crippen molar-refractivity contribution < 1.29 is 4.79 Å². The maximum atomic E-state index is 12.2. The van der Waals surface area contributed by atoms with Gasteiger partial charge in [-0.2, -0.15) is 0 Å². The first-order chi connectivity index (χ1) is 8.63. The Morgan fingerprint density at radius 1 is 1.50 bits per heavy atom. The molecule has 0 aromatic carbocycles. The number of fused-ring (bicyclic) bond motifs is 2. The average molecular weight is 310 g/mol. The third-order valence-corrected chi connectivity index (χ3v) is 4.39. The monoisotopic (exact) mass is 309 g/mol. The minimum Gasteiger partial charge on any atom is -0.309 e. The first-order valence-corrected chi connectivity index (χ1v) is 7.13. The van der Waals surface area contributed by atoms with Crippen LogP contribution in [0, 0.1) is 12.8 Å². The van der Waals surface area contributed by atoms with Crippen LogP contribution in [0.2, 0.25) is 0 Å². The number of rotatable bonds is 2. The lowest BCUT2D eigenvalue weighted by molar-refractivity contribution is -0.119. The summed E-state index contributed by atoms with van der Waals surface area (Å²) in [6.45, 7) is 1.95. The number of anilines is 1. The fourth-order valence-electron chi connectivity index (χ4n) is 2.98. The van der Waals surface area contributed by atoms with Crippen LogP contribution >= 0.6 is 15.9 Å². The van der Waals surface area contributed by atoms with Crippen molar-refractivity contribution in [1.82, 2.24) is 10.3 Å². The number of pyridine rings is 1. The molecular weight excluding hydrogens is 294 g/mol. The Kier molecular flexibility index (Phi) is 3.11. The summed E-state index contributed by atoms with van der Waals surface area (Å²) in [7, 11) is 0. The largest absolute Gasteiger partial charge is 0.309 e. The first kappa shape index (κ1) is 12.1. The van der Waals surface area contributed by atoms with E-state index in [9.17, 15) is 4.79 Å². The minimum absolute atomic E-state index is 0.0380. The molecule has 2 heterocycles. The Balaban J connectivity index is 1.72. The van der Waals surface area contributed by atoms with Gasteiger partial charge in [-0.25, -0.2) is 4.98 Å². The van der Waals surface area contributed by atoms with Gasteiger partial charge in [0.15, 0.2) is 0 Å². The number of carbonyl (C=O) groups excluding carboxylic acids is 1. The van der Waals surface area contributed by atoms with E-state index in [1.165, 1.54) is 12.8 Å². The molecule has 0 radical (unpaired) electrons. The summed E-state index contributed by atoms with van der Waals surface area (Å²) in [6, 6.07) is 4.33. The van der Waals surface area contributed by atoms with E-state index >= 15 is 0 Å². The molecule has 1 amide bonds. The number of aromatic nitrogens is 1. The van der Waals surface area contributed by atoms with Gasteiger partial charge >= 0.3 is 0 Å². The van der Waals surface area contributed by atoms with E-state index in [1.807, 2.05) is 19.1 Å². The van der Waals surface area contributed by atoms with Crippen LogP contribution in [-0.4, -0.2) is 23.0 Å². The van der Waals surface area contributed by atoms with E-state index in [-0.39, 0.29) is 11.9 Å². The Morgan fingerprint density at radius 3 is 3.00 bits per heavy atom. The van der Waals surface area contributed by atoms with Crippen molar-refractivity contribution in [1.29, 1.82) is 0 Å². The summed E-state index contributed by atoms with van der Waals surface area (Å²) < 4.78 is 0.740. The number of halogens is 1. The van der Waals surface area contributed by atoms with E-state index < -0.39 is 0 Å². The molecule has 2 N–H and O–H groups in total. The Labute approximate surface area is 115 Å². The second-order valence-electron chi connectivity index (χ2n) is 5.20. The summed E-state index contributed by atoms with van der Waals surface area (Å²) >= 11 is 3.32. The van der Waals surface area contributed by atoms with Crippen LogP contribution in [0.1, 0.15) is 24.8 Å². The third kappa shape index (κ3) is 2.17. The molecule has 5 heteroatoms. The summed E-state index contributed by atoms with van der Waals surface area (Å²) in [4.78, 5) is 16.5. The third-order valence-electron chi connectivity index (χ3n) is 3.95. The zero-order chi connectivity index (χ0) is 12.7. The average Bonchev–Trinajstić information content (AvgIpc) is 2.96. The van der Waals surface area contributed by atoms with E-state index in [2.05, 4.69) is 31.5 Å². The lowest BCUT2D eigenvalue weighted by atomic mass is 9.99. The molecule has 2 aliphatic rings. The fraction of sp³-hybridized carbons (Fsp3) is 0.538. The van der Waals surface area contributed by atoms with Crippen molar-refractivity contribution >= 4 is 27.7 Å². The van der Waals surface area contributed by atoms with Gasteiger partial charge in [0, 0.05) is 6.04 Å². The normalized spacial score (nSPS) is 29.6. The number of nitrogens with one attached hydrogen (secondary N) is 2. The standard InChI is InChI=1S/C13H16BrN3O/c1-7-2-5-10(14)16-12(7)17-13(18)11-8-3-4-9(6-8)15-11/h2,5,8-9,11,15H,3-4,6H2,1H3,(H,16,17,18). The van der Waals surface area contributed by atoms with Crippen LogP contribution in [0.5, 0.6) is 0 Å². The molecule has 3 atom stereocenters. The molecule has 18 heavy (non-hydrogen) atoms. The lowest BCUT2D eigenvalue weighted by Gasteiger charge is -2.22. The van der Waals surface area contributed by atoms with Crippen LogP contribution in [-0.2, 0) is 4.79 Å². The molecule has 1 aliphatic carbocycles. The number of hydrogen-bond donors (Lipinski definition) is 2. The van der Waals surface area contributed by atoms with Crippen molar-refractivity contribution in [3.8, 4) is 0 Å². The van der Waals surface area contributed by atoms with Crippen molar-refractivity contribution in [3.05, 3.63) is 22.3 Å². The molecule has 1 aromatic heterocycles. The van der Waals surface area contributed by atoms with Crippen LogP contribution in [0.15, 0.2) is 16.7 Å². The molecule has 1 saturated carbocycles. The molecule has 2 fully saturated rings. The van der Waals surface area contributed by atoms with Gasteiger partial charge in [0.25, 0.3) is 0 Å². The number of amides is 1. The van der Waals surface area contributed by atoms with Crippen molar-refractivity contribution in [2.75, 3.05) is 5.32 Å². The highest BCUT2D eigenvalue weighted by molar-refractivity contribution is 9.10. The van der Waals surface area contributed by atoms with E-state index in [4.69, 9.17) is 0 Å². The summed E-state index contributed by atoms with van der Waals surface area (Å²) in [5, 5.41) is 6.33. The SMILES string of the molecule is Cc1ccc(Br)nc1NC(=O)C1NC2CCC1C2. The van der Waals surface area contributed by atoms with Crippen molar-refractivity contribution in [3.63, 3.8) is 0 Å². The molecule has 4 nitrogen and oxygen atoms in total. The number of hydrogen-bond acceptors (Lipinski definition) is 3. The van der Waals surface area contributed by atoms with Crippen LogP contribution in [0.4, 0.5) is 5.82 Å². The number of nitrogens with zero attached hydrogens (tertiary/aromatic N) is 1. The predicted octanol–water partition coefficient (Wildman–Crippen LogP) is 2.23. The molecule has 0 spiro atoms. The predicted molar refractivity (Wildman–Crippen MR) is 73.4 cm³/mol. The summed E-state index contributed by atoms with van der Waals surface area (Å²) in [6.07, 6.45) is 3.52. The lowest BCUT2D eigenvalue weighted by Crippen LogP contribution is -2.44. The maximum absolute atomic E-state index is 12.2. The van der Waals surface area contributed by atoms with Crippen LogP contribution in [0.25, 0.3) is 0 Å². The van der Waals surface area contributed by atoms with E-state index in [1.54, 1.807) is 0 Å². The zero-order valence-corrected chi connectivity index (χ0v) is 11.8. The Hall–Kier alpha value is -0.940. The van der Waals surface area contributed by atoms with Gasteiger partial charge in [0.2, 0.25) is 5.91 Å². The molecule has 3 rings (SSSR count). The minimum atomic E-state index is -0.0380. The topological polar surface area (TPSA) is 54.0 Å². The van der Waals surface area contributed by atoms with Crippen molar-refractivity contribution in [2.24, 2.45) is 5.92 Å². The molecule has 1 saturated heterocycles. The Bertz CT molecular complexity index is 491. The van der Waals surface area contributed by atoms with Crippen LogP contribution < -0.4 is 10.6 Å². The van der Waals surface area contributed by atoms with Gasteiger partial charge in [-0.3, -0.25) is 4.79 Å². The number of aryl methyl sites for hydroxylation is 1. The van der Waals surface area contributed by atoms with Gasteiger partial charge in [-0.15, -0.1) is 0 Å². The van der Waals surface area contributed by atoms with E-state index in [0.29, 0.717) is 17.8 Å². The number of carbonyl (C=O) groups is 1. The maximum Gasteiger partial charge on any atom is 0.242 e. The molecule has 2 bridgehead atoms. The second kappa shape index (κ2) is 4.63. The summed E-state index contributed by atoms with van der Waals surface area (Å²) in [5.74, 6) is 1.21. The molecule has 1 aromatic rings. The van der Waals surface area contributed by atoms with Gasteiger partial charge < -0.3 is 10.6 Å². The highest BCUT2D eigenvalue weighted by atomic mass is 79.9. The highest BCUT2D eigenvalue weighted by Crippen LogP contribution is 2.35. The van der Waals surface area contributed by atoms with Gasteiger partial charge in [0.1, 0.15) is 10.4 Å². The number of piperidine rings is 1. The van der Waals surface area contributed by atoms with Gasteiger partial charge in [-0.05, 0) is 59.7 Å².